The number of hydrogen-bond acceptors (Lipinski definition) is 3. The molecule has 3 rings (SSSR count). The van der Waals surface area contributed by atoms with Crippen molar-refractivity contribution in [3.05, 3.63) is 34.9 Å². The van der Waals surface area contributed by atoms with Gasteiger partial charge in [0.2, 0.25) is 5.91 Å². The third-order valence-corrected chi connectivity index (χ3v) is 4.96. The minimum Gasteiger partial charge on any atom is -0.355 e. The van der Waals surface area contributed by atoms with Gasteiger partial charge in [0, 0.05) is 31.0 Å². The van der Waals surface area contributed by atoms with Crippen LogP contribution in [0.25, 0.3) is 0 Å². The molecule has 24 heavy (non-hydrogen) atoms. The summed E-state index contributed by atoms with van der Waals surface area (Å²) in [5.74, 6) is 0.0533. The zero-order valence-corrected chi connectivity index (χ0v) is 14.9. The molecule has 0 spiro atoms. The number of amides is 1. The molecule has 0 aromatic heterocycles. The maximum absolute atomic E-state index is 12.3. The van der Waals surface area contributed by atoms with Crippen LogP contribution in [0, 0.1) is 0 Å². The van der Waals surface area contributed by atoms with Crippen molar-refractivity contribution in [3.63, 3.8) is 0 Å². The van der Waals surface area contributed by atoms with Gasteiger partial charge in [-0.15, -0.1) is 12.4 Å². The van der Waals surface area contributed by atoms with Gasteiger partial charge in [-0.05, 0) is 62.3 Å². The Morgan fingerprint density at radius 2 is 1.88 bits per heavy atom. The van der Waals surface area contributed by atoms with Crippen LogP contribution in [0.5, 0.6) is 0 Å². The van der Waals surface area contributed by atoms with Gasteiger partial charge in [-0.25, -0.2) is 0 Å². The normalized spacial score (nSPS) is 19.2. The molecule has 1 atom stereocenters. The Labute approximate surface area is 150 Å². The monoisotopic (exact) mass is 350 g/mol. The lowest BCUT2D eigenvalue weighted by Crippen LogP contribution is -2.37. The maximum Gasteiger partial charge on any atom is 0.220 e. The van der Waals surface area contributed by atoms with Gasteiger partial charge in [-0.3, -0.25) is 9.59 Å². The number of carbonyl (C=O) groups is 2. The van der Waals surface area contributed by atoms with Crippen LogP contribution >= 0.6 is 12.4 Å². The first-order chi connectivity index (χ1) is 11.2. The number of rotatable bonds is 6. The molecule has 0 saturated carbocycles. The number of halogens is 1. The molecule has 5 heteroatoms. The van der Waals surface area contributed by atoms with Crippen molar-refractivity contribution in [1.82, 2.24) is 10.6 Å². The van der Waals surface area contributed by atoms with Gasteiger partial charge in [0.15, 0.2) is 5.78 Å². The summed E-state index contributed by atoms with van der Waals surface area (Å²) >= 11 is 0. The van der Waals surface area contributed by atoms with Gasteiger partial charge >= 0.3 is 0 Å². The quantitative estimate of drug-likeness (QED) is 0.776. The van der Waals surface area contributed by atoms with Crippen LogP contribution in [-0.4, -0.2) is 30.8 Å². The van der Waals surface area contributed by atoms with E-state index in [9.17, 15) is 9.59 Å². The molecule has 4 nitrogen and oxygen atoms in total. The van der Waals surface area contributed by atoms with Crippen LogP contribution in [0.1, 0.15) is 60.0 Å². The molecule has 2 N–H and O–H groups in total. The molecule has 1 heterocycles. The Kier molecular flexibility index (Phi) is 7.25. The highest BCUT2D eigenvalue weighted by Crippen LogP contribution is 2.22. The van der Waals surface area contributed by atoms with Crippen molar-refractivity contribution in [3.8, 4) is 0 Å². The first-order valence-corrected chi connectivity index (χ1v) is 8.87. The van der Waals surface area contributed by atoms with Crippen molar-refractivity contribution in [2.45, 2.75) is 57.4 Å². The summed E-state index contributed by atoms with van der Waals surface area (Å²) in [6.45, 7) is 1.71. The Balaban J connectivity index is 0.00000208. The van der Waals surface area contributed by atoms with Crippen LogP contribution in [-0.2, 0) is 17.6 Å². The van der Waals surface area contributed by atoms with E-state index in [0.29, 0.717) is 19.0 Å². The second-order valence-corrected chi connectivity index (χ2v) is 6.71. The van der Waals surface area contributed by atoms with Gasteiger partial charge in [-0.1, -0.05) is 12.1 Å². The van der Waals surface area contributed by atoms with E-state index < -0.39 is 0 Å². The molecule has 1 aromatic carbocycles. The second kappa shape index (κ2) is 9.19. The van der Waals surface area contributed by atoms with E-state index in [1.807, 2.05) is 12.1 Å². The maximum atomic E-state index is 12.3. The summed E-state index contributed by atoms with van der Waals surface area (Å²) < 4.78 is 0. The van der Waals surface area contributed by atoms with E-state index in [0.717, 1.165) is 31.4 Å². The number of carbonyl (C=O) groups excluding carboxylic acids is 2. The molecule has 0 radical (unpaired) electrons. The second-order valence-electron chi connectivity index (χ2n) is 6.71. The summed E-state index contributed by atoms with van der Waals surface area (Å²) in [5, 5.41) is 6.28. The first-order valence-electron chi connectivity index (χ1n) is 8.87. The zero-order chi connectivity index (χ0) is 16.1. The topological polar surface area (TPSA) is 58.2 Å². The highest BCUT2D eigenvalue weighted by molar-refractivity contribution is 5.98. The molecule has 1 aliphatic carbocycles. The lowest BCUT2D eigenvalue weighted by Gasteiger charge is -2.16. The SMILES string of the molecule is Cl.O=C(CCC(=O)c1ccc2c(c1)CCCC2)NCC1CCCN1. The summed E-state index contributed by atoms with van der Waals surface area (Å²) in [6.07, 6.45) is 7.53. The van der Waals surface area contributed by atoms with Crippen molar-refractivity contribution in [2.75, 3.05) is 13.1 Å². The van der Waals surface area contributed by atoms with Crippen LogP contribution in [0.15, 0.2) is 18.2 Å². The fourth-order valence-corrected chi connectivity index (χ4v) is 3.53. The number of fused-ring (bicyclic) bond motifs is 1. The molecule has 2 aliphatic rings. The molecular formula is C19H27ClN2O2. The van der Waals surface area contributed by atoms with Gasteiger partial charge in [0.1, 0.15) is 0 Å². The van der Waals surface area contributed by atoms with E-state index in [1.165, 1.54) is 30.4 Å². The zero-order valence-electron chi connectivity index (χ0n) is 14.1. The molecule has 1 aromatic rings. The minimum atomic E-state index is -0.0231. The molecule has 1 aliphatic heterocycles. The Bertz CT molecular complexity index is 583. The third kappa shape index (κ3) is 5.05. The number of aryl methyl sites for hydroxylation is 2. The smallest absolute Gasteiger partial charge is 0.220 e. The van der Waals surface area contributed by atoms with E-state index in [1.54, 1.807) is 0 Å². The summed E-state index contributed by atoms with van der Waals surface area (Å²) in [5.41, 5.74) is 3.46. The van der Waals surface area contributed by atoms with E-state index in [4.69, 9.17) is 0 Å². The number of ketones is 1. The molecular weight excluding hydrogens is 324 g/mol. The van der Waals surface area contributed by atoms with Gasteiger partial charge in [0.05, 0.1) is 0 Å². The predicted molar refractivity (Wildman–Crippen MR) is 97.9 cm³/mol. The van der Waals surface area contributed by atoms with E-state index in [2.05, 4.69) is 16.7 Å². The average Bonchev–Trinajstić information content (AvgIpc) is 3.11. The lowest BCUT2D eigenvalue weighted by molar-refractivity contribution is -0.121. The van der Waals surface area contributed by atoms with Crippen LogP contribution in [0.4, 0.5) is 0 Å². The fourth-order valence-electron chi connectivity index (χ4n) is 3.53. The molecule has 0 bridgehead atoms. The number of hydrogen-bond donors (Lipinski definition) is 2. The van der Waals surface area contributed by atoms with E-state index >= 15 is 0 Å². The van der Waals surface area contributed by atoms with Crippen molar-refractivity contribution >= 4 is 24.1 Å². The van der Waals surface area contributed by atoms with Crippen LogP contribution in [0.3, 0.4) is 0 Å². The van der Waals surface area contributed by atoms with Gasteiger partial charge < -0.3 is 10.6 Å². The lowest BCUT2D eigenvalue weighted by atomic mass is 9.89. The van der Waals surface area contributed by atoms with Crippen molar-refractivity contribution < 1.29 is 9.59 Å². The molecule has 1 saturated heterocycles. The number of Topliss-reactive ketones (excluding diaryl/α,β-unsaturated/α-hetero) is 1. The molecule has 1 fully saturated rings. The standard InChI is InChI=1S/C19H26N2O2.ClH/c22-18(9-10-19(23)21-13-17-6-3-11-20-17)16-8-7-14-4-1-2-5-15(14)12-16;/h7-8,12,17,20H,1-6,9-11,13H2,(H,21,23);1H. The van der Waals surface area contributed by atoms with Gasteiger partial charge in [0.25, 0.3) is 0 Å². The molecule has 1 amide bonds. The Hall–Kier alpha value is -1.39. The summed E-state index contributed by atoms with van der Waals surface area (Å²) in [6, 6.07) is 6.45. The van der Waals surface area contributed by atoms with Crippen molar-refractivity contribution in [2.24, 2.45) is 0 Å². The minimum absolute atomic E-state index is 0. The van der Waals surface area contributed by atoms with Crippen LogP contribution < -0.4 is 10.6 Å². The highest BCUT2D eigenvalue weighted by atomic mass is 35.5. The van der Waals surface area contributed by atoms with Crippen molar-refractivity contribution in [1.29, 1.82) is 0 Å². The number of benzene rings is 1. The first kappa shape index (κ1) is 18.9. The highest BCUT2D eigenvalue weighted by Gasteiger charge is 2.16. The van der Waals surface area contributed by atoms with Gasteiger partial charge in [-0.2, -0.15) is 0 Å². The Morgan fingerprint density at radius 1 is 1.08 bits per heavy atom. The largest absolute Gasteiger partial charge is 0.355 e. The predicted octanol–water partition coefficient (Wildman–Crippen LogP) is 2.82. The van der Waals surface area contributed by atoms with Crippen LogP contribution in [0.2, 0.25) is 0 Å². The third-order valence-electron chi connectivity index (χ3n) is 4.96. The fraction of sp³-hybridized carbons (Fsp3) is 0.579. The summed E-state index contributed by atoms with van der Waals surface area (Å²) in [7, 11) is 0. The van der Waals surface area contributed by atoms with E-state index in [-0.39, 0.29) is 30.5 Å². The Morgan fingerprint density at radius 3 is 2.62 bits per heavy atom. The molecule has 1 unspecified atom stereocenters. The average molecular weight is 351 g/mol. The molecule has 132 valence electrons. The summed E-state index contributed by atoms with van der Waals surface area (Å²) in [4.78, 5) is 24.2. The number of nitrogens with one attached hydrogen (secondary N) is 2.